The maximum absolute atomic E-state index is 12.8. The molecule has 26 heavy (non-hydrogen) atoms. The zero-order chi connectivity index (χ0) is 18.7. The predicted octanol–water partition coefficient (Wildman–Crippen LogP) is 3.68. The van der Waals surface area contributed by atoms with Crippen LogP contribution >= 0.6 is 23.2 Å². The van der Waals surface area contributed by atoms with Gasteiger partial charge in [0.1, 0.15) is 11.0 Å². The summed E-state index contributed by atoms with van der Waals surface area (Å²) in [6, 6.07) is 8.16. The normalized spacial score (nSPS) is 10.9. The standard InChI is InChI=1S/C18H16Cl2N4O2/c1-2-8-24(18(26)13-4-3-7-21-16(13)20)10-15-22-14-9-11(19)5-6-12(14)17(25)23-15/h3-7,9H,2,8,10H2,1H3,(H,22,23,25). The maximum Gasteiger partial charge on any atom is 0.258 e. The van der Waals surface area contributed by atoms with E-state index in [0.29, 0.717) is 33.9 Å². The molecule has 0 unspecified atom stereocenters. The number of hydrogen-bond acceptors (Lipinski definition) is 4. The van der Waals surface area contributed by atoms with Gasteiger partial charge in [0.2, 0.25) is 0 Å². The van der Waals surface area contributed by atoms with E-state index < -0.39 is 0 Å². The van der Waals surface area contributed by atoms with Crippen molar-refractivity contribution in [2.24, 2.45) is 0 Å². The molecule has 0 saturated carbocycles. The van der Waals surface area contributed by atoms with Crippen LogP contribution in [0.3, 0.4) is 0 Å². The molecular weight excluding hydrogens is 375 g/mol. The lowest BCUT2D eigenvalue weighted by molar-refractivity contribution is 0.0738. The van der Waals surface area contributed by atoms with Gasteiger partial charge in [0.25, 0.3) is 11.5 Å². The number of nitrogens with one attached hydrogen (secondary N) is 1. The molecule has 2 heterocycles. The number of benzene rings is 1. The highest BCUT2D eigenvalue weighted by atomic mass is 35.5. The van der Waals surface area contributed by atoms with E-state index in [1.54, 1.807) is 35.2 Å². The van der Waals surface area contributed by atoms with Crippen LogP contribution in [0.4, 0.5) is 0 Å². The van der Waals surface area contributed by atoms with Crippen molar-refractivity contribution in [2.45, 2.75) is 19.9 Å². The minimum absolute atomic E-state index is 0.144. The molecule has 0 aliphatic carbocycles. The summed E-state index contributed by atoms with van der Waals surface area (Å²) in [6.07, 6.45) is 2.27. The number of aromatic amines is 1. The molecule has 6 nitrogen and oxygen atoms in total. The van der Waals surface area contributed by atoms with Gasteiger partial charge in [-0.25, -0.2) is 9.97 Å². The number of carbonyl (C=O) groups excluding carboxylic acids is 1. The van der Waals surface area contributed by atoms with Crippen LogP contribution in [0.25, 0.3) is 10.9 Å². The summed E-state index contributed by atoms with van der Waals surface area (Å²) in [5.41, 5.74) is 0.526. The molecule has 0 saturated heterocycles. The van der Waals surface area contributed by atoms with Gasteiger partial charge in [-0.05, 0) is 36.8 Å². The quantitative estimate of drug-likeness (QED) is 0.673. The maximum atomic E-state index is 12.8. The molecule has 0 atom stereocenters. The number of amides is 1. The van der Waals surface area contributed by atoms with E-state index in [2.05, 4.69) is 15.0 Å². The molecule has 1 aromatic carbocycles. The number of rotatable bonds is 5. The molecule has 0 radical (unpaired) electrons. The van der Waals surface area contributed by atoms with Crippen molar-refractivity contribution in [3.63, 3.8) is 0 Å². The molecule has 8 heteroatoms. The van der Waals surface area contributed by atoms with Crippen molar-refractivity contribution in [3.8, 4) is 0 Å². The molecule has 1 N–H and O–H groups in total. The summed E-state index contributed by atoms with van der Waals surface area (Å²) in [7, 11) is 0. The second-order valence-electron chi connectivity index (χ2n) is 5.74. The summed E-state index contributed by atoms with van der Waals surface area (Å²) < 4.78 is 0. The van der Waals surface area contributed by atoms with Crippen molar-refractivity contribution < 1.29 is 4.79 Å². The van der Waals surface area contributed by atoms with E-state index >= 15 is 0 Å². The van der Waals surface area contributed by atoms with Gasteiger partial charge >= 0.3 is 0 Å². The van der Waals surface area contributed by atoms with Crippen LogP contribution in [0, 0.1) is 0 Å². The highest BCUT2D eigenvalue weighted by Gasteiger charge is 2.20. The number of halogens is 2. The number of pyridine rings is 1. The van der Waals surface area contributed by atoms with Crippen LogP contribution < -0.4 is 5.56 Å². The molecule has 2 aromatic heterocycles. The second-order valence-corrected chi connectivity index (χ2v) is 6.54. The van der Waals surface area contributed by atoms with Gasteiger partial charge in [0.15, 0.2) is 0 Å². The third-order valence-corrected chi connectivity index (χ3v) is 4.36. The number of nitrogens with zero attached hydrogens (tertiary/aromatic N) is 3. The molecule has 0 aliphatic heterocycles. The van der Waals surface area contributed by atoms with Gasteiger partial charge in [0.05, 0.1) is 23.0 Å². The molecular formula is C18H16Cl2N4O2. The molecule has 0 bridgehead atoms. The Morgan fingerprint density at radius 2 is 2.08 bits per heavy atom. The largest absolute Gasteiger partial charge is 0.331 e. The van der Waals surface area contributed by atoms with Gasteiger partial charge < -0.3 is 9.88 Å². The Kier molecular flexibility index (Phi) is 5.54. The van der Waals surface area contributed by atoms with Gasteiger partial charge in [-0.2, -0.15) is 0 Å². The van der Waals surface area contributed by atoms with Crippen molar-refractivity contribution in [1.82, 2.24) is 19.9 Å². The Bertz CT molecular complexity index is 1020. The highest BCUT2D eigenvalue weighted by molar-refractivity contribution is 6.32. The Balaban J connectivity index is 1.95. The van der Waals surface area contributed by atoms with Crippen LogP contribution in [-0.4, -0.2) is 32.3 Å². The molecule has 3 rings (SSSR count). The average Bonchev–Trinajstić information content (AvgIpc) is 2.61. The van der Waals surface area contributed by atoms with Crippen molar-refractivity contribution in [2.75, 3.05) is 6.54 Å². The fourth-order valence-electron chi connectivity index (χ4n) is 2.65. The fraction of sp³-hybridized carbons (Fsp3) is 0.222. The molecule has 0 aliphatic rings. The molecule has 0 fully saturated rings. The number of hydrogen-bond donors (Lipinski definition) is 1. The first-order valence-corrected chi connectivity index (χ1v) is 8.83. The first kappa shape index (κ1) is 18.4. The average molecular weight is 391 g/mol. The van der Waals surface area contributed by atoms with E-state index in [4.69, 9.17) is 23.2 Å². The minimum atomic E-state index is -0.273. The second kappa shape index (κ2) is 7.85. The topological polar surface area (TPSA) is 79.0 Å². The van der Waals surface area contributed by atoms with Gasteiger partial charge in [-0.1, -0.05) is 30.1 Å². The Hall–Kier alpha value is -2.44. The number of H-pyrrole nitrogens is 1. The third-order valence-electron chi connectivity index (χ3n) is 3.83. The summed E-state index contributed by atoms with van der Waals surface area (Å²) in [5.74, 6) is 0.116. The fourth-order valence-corrected chi connectivity index (χ4v) is 3.02. The van der Waals surface area contributed by atoms with Crippen molar-refractivity contribution >= 4 is 40.0 Å². The zero-order valence-electron chi connectivity index (χ0n) is 14.0. The Labute approximate surface area is 159 Å². The highest BCUT2D eigenvalue weighted by Crippen LogP contribution is 2.17. The van der Waals surface area contributed by atoms with Crippen molar-refractivity contribution in [3.05, 3.63) is 68.4 Å². The smallest absolute Gasteiger partial charge is 0.258 e. The Morgan fingerprint density at radius 3 is 2.81 bits per heavy atom. The monoisotopic (exact) mass is 390 g/mol. The Morgan fingerprint density at radius 1 is 1.27 bits per heavy atom. The molecule has 3 aromatic rings. The summed E-state index contributed by atoms with van der Waals surface area (Å²) in [5, 5.41) is 1.08. The van der Waals surface area contributed by atoms with Crippen molar-refractivity contribution in [1.29, 1.82) is 0 Å². The lowest BCUT2D eigenvalue weighted by atomic mass is 10.2. The SMILES string of the molecule is CCCN(Cc1nc2cc(Cl)ccc2c(=O)[nH]1)C(=O)c1cccnc1Cl. The number of carbonyl (C=O) groups is 1. The molecule has 1 amide bonds. The summed E-state index contributed by atoms with van der Waals surface area (Å²) >= 11 is 12.0. The predicted molar refractivity (Wildman–Crippen MR) is 102 cm³/mol. The van der Waals surface area contributed by atoms with E-state index in [9.17, 15) is 9.59 Å². The van der Waals surface area contributed by atoms with E-state index in [0.717, 1.165) is 6.42 Å². The lowest BCUT2D eigenvalue weighted by Gasteiger charge is -2.22. The van der Waals surface area contributed by atoms with Crippen LogP contribution in [-0.2, 0) is 6.54 Å². The third kappa shape index (κ3) is 3.86. The van der Waals surface area contributed by atoms with Crippen LogP contribution in [0.2, 0.25) is 10.2 Å². The van der Waals surface area contributed by atoms with Crippen LogP contribution in [0.5, 0.6) is 0 Å². The zero-order valence-corrected chi connectivity index (χ0v) is 15.5. The number of fused-ring (bicyclic) bond motifs is 1. The first-order chi connectivity index (χ1) is 12.5. The van der Waals surface area contributed by atoms with Crippen LogP contribution in [0.15, 0.2) is 41.3 Å². The van der Waals surface area contributed by atoms with E-state index in [1.807, 2.05) is 6.92 Å². The summed E-state index contributed by atoms with van der Waals surface area (Å²) in [4.78, 5) is 37.8. The number of aromatic nitrogens is 3. The lowest BCUT2D eigenvalue weighted by Crippen LogP contribution is -2.33. The van der Waals surface area contributed by atoms with Gasteiger partial charge in [-0.15, -0.1) is 0 Å². The molecule has 0 spiro atoms. The first-order valence-electron chi connectivity index (χ1n) is 8.08. The van der Waals surface area contributed by atoms with E-state index in [-0.39, 0.29) is 23.2 Å². The minimum Gasteiger partial charge on any atom is -0.331 e. The summed E-state index contributed by atoms with van der Waals surface area (Å²) in [6.45, 7) is 2.60. The van der Waals surface area contributed by atoms with Crippen LogP contribution in [0.1, 0.15) is 29.5 Å². The molecule has 134 valence electrons. The van der Waals surface area contributed by atoms with Gasteiger partial charge in [-0.3, -0.25) is 9.59 Å². The van der Waals surface area contributed by atoms with E-state index in [1.165, 1.54) is 6.20 Å². The van der Waals surface area contributed by atoms with Gasteiger partial charge in [0, 0.05) is 17.8 Å².